The van der Waals surface area contributed by atoms with E-state index < -0.39 is 0 Å². The van der Waals surface area contributed by atoms with Crippen LogP contribution in [0, 0.1) is 5.92 Å². The second kappa shape index (κ2) is 4.14. The molecule has 0 aliphatic heterocycles. The fraction of sp³-hybridized carbons (Fsp3) is 0.417. The normalized spacial score (nSPS) is 15.2. The van der Waals surface area contributed by atoms with Gasteiger partial charge in [-0.05, 0) is 31.0 Å². The molecule has 1 aromatic heterocycles. The van der Waals surface area contributed by atoms with Gasteiger partial charge in [-0.3, -0.25) is 0 Å². The molecule has 1 heterocycles. The quantitative estimate of drug-likeness (QED) is 0.774. The number of aliphatic hydroxyl groups is 1. The number of imidazole rings is 1. The fourth-order valence-electron chi connectivity index (χ4n) is 1.80. The summed E-state index contributed by atoms with van der Waals surface area (Å²) in [5.41, 5.74) is 8.39. The predicted molar refractivity (Wildman–Crippen MR) is 65.1 cm³/mol. The molecule has 0 aliphatic rings. The van der Waals surface area contributed by atoms with Gasteiger partial charge in [0.25, 0.3) is 0 Å². The van der Waals surface area contributed by atoms with Crippen molar-refractivity contribution in [1.82, 2.24) is 9.55 Å². The van der Waals surface area contributed by atoms with Crippen LogP contribution in [0.2, 0.25) is 0 Å². The standard InChI is InChI=1S/C12H17N3O/c1-8(6-16)9(2)15-7-14-11-5-10(13)3-4-12(11)15/h3-5,7-9,16H,6,13H2,1-2H3. The van der Waals surface area contributed by atoms with Crippen LogP contribution in [0.25, 0.3) is 11.0 Å². The molecule has 4 heteroatoms. The first kappa shape index (κ1) is 11.0. The van der Waals surface area contributed by atoms with Crippen molar-refractivity contribution < 1.29 is 5.11 Å². The molecule has 2 aromatic rings. The van der Waals surface area contributed by atoms with E-state index in [-0.39, 0.29) is 18.6 Å². The van der Waals surface area contributed by atoms with E-state index >= 15 is 0 Å². The van der Waals surface area contributed by atoms with Gasteiger partial charge in [0.1, 0.15) is 0 Å². The highest BCUT2D eigenvalue weighted by Gasteiger charge is 2.15. The van der Waals surface area contributed by atoms with Crippen LogP contribution in [-0.4, -0.2) is 21.3 Å². The van der Waals surface area contributed by atoms with Crippen molar-refractivity contribution in [2.45, 2.75) is 19.9 Å². The van der Waals surface area contributed by atoms with Gasteiger partial charge >= 0.3 is 0 Å². The fourth-order valence-corrected chi connectivity index (χ4v) is 1.80. The SMILES string of the molecule is CC(CO)C(C)n1cnc2cc(N)ccc21. The highest BCUT2D eigenvalue weighted by atomic mass is 16.3. The Balaban J connectivity index is 2.45. The maximum absolute atomic E-state index is 9.17. The van der Waals surface area contributed by atoms with Crippen LogP contribution < -0.4 is 5.73 Å². The molecular formula is C12H17N3O. The number of benzene rings is 1. The van der Waals surface area contributed by atoms with Gasteiger partial charge in [-0.1, -0.05) is 6.92 Å². The van der Waals surface area contributed by atoms with E-state index in [4.69, 9.17) is 10.8 Å². The van der Waals surface area contributed by atoms with Gasteiger partial charge in [-0.25, -0.2) is 4.98 Å². The van der Waals surface area contributed by atoms with E-state index in [0.717, 1.165) is 16.7 Å². The molecule has 2 rings (SSSR count). The molecule has 2 atom stereocenters. The van der Waals surface area contributed by atoms with Gasteiger partial charge in [0, 0.05) is 18.3 Å². The van der Waals surface area contributed by atoms with Crippen LogP contribution in [-0.2, 0) is 0 Å². The molecule has 0 spiro atoms. The van der Waals surface area contributed by atoms with E-state index in [1.807, 2.05) is 25.1 Å². The monoisotopic (exact) mass is 219 g/mol. The molecule has 0 fully saturated rings. The molecule has 0 amide bonds. The lowest BCUT2D eigenvalue weighted by molar-refractivity contribution is 0.199. The highest BCUT2D eigenvalue weighted by Crippen LogP contribution is 2.24. The number of nitrogens with two attached hydrogens (primary N) is 1. The zero-order chi connectivity index (χ0) is 11.7. The van der Waals surface area contributed by atoms with Crippen LogP contribution in [0.1, 0.15) is 19.9 Å². The number of nitrogen functional groups attached to an aromatic ring is 1. The minimum Gasteiger partial charge on any atom is -0.399 e. The van der Waals surface area contributed by atoms with Crippen LogP contribution >= 0.6 is 0 Å². The Bertz CT molecular complexity index is 492. The third kappa shape index (κ3) is 1.76. The maximum Gasteiger partial charge on any atom is 0.0960 e. The summed E-state index contributed by atoms with van der Waals surface area (Å²) in [6.45, 7) is 4.28. The summed E-state index contributed by atoms with van der Waals surface area (Å²) in [7, 11) is 0. The number of anilines is 1. The van der Waals surface area contributed by atoms with Gasteiger partial charge in [-0.2, -0.15) is 0 Å². The first-order valence-electron chi connectivity index (χ1n) is 5.46. The molecule has 86 valence electrons. The van der Waals surface area contributed by atoms with E-state index in [2.05, 4.69) is 16.5 Å². The molecule has 16 heavy (non-hydrogen) atoms. The summed E-state index contributed by atoms with van der Waals surface area (Å²) in [6, 6.07) is 5.93. The molecule has 1 aromatic carbocycles. The number of fused-ring (bicyclic) bond motifs is 1. The van der Waals surface area contributed by atoms with Crippen molar-refractivity contribution in [2.75, 3.05) is 12.3 Å². The largest absolute Gasteiger partial charge is 0.399 e. The Hall–Kier alpha value is -1.55. The first-order valence-corrected chi connectivity index (χ1v) is 5.46. The van der Waals surface area contributed by atoms with Crippen LogP contribution in [0.5, 0.6) is 0 Å². The second-order valence-corrected chi connectivity index (χ2v) is 4.30. The lowest BCUT2D eigenvalue weighted by Gasteiger charge is -2.19. The van der Waals surface area contributed by atoms with Crippen molar-refractivity contribution >= 4 is 16.7 Å². The third-order valence-electron chi connectivity index (χ3n) is 3.15. The van der Waals surface area contributed by atoms with Gasteiger partial charge < -0.3 is 15.4 Å². The van der Waals surface area contributed by atoms with Gasteiger partial charge in [0.15, 0.2) is 0 Å². The zero-order valence-corrected chi connectivity index (χ0v) is 9.59. The van der Waals surface area contributed by atoms with Gasteiger partial charge in [0.2, 0.25) is 0 Å². The summed E-state index contributed by atoms with van der Waals surface area (Å²) in [4.78, 5) is 4.32. The van der Waals surface area contributed by atoms with Crippen molar-refractivity contribution in [2.24, 2.45) is 5.92 Å². The Labute approximate surface area is 94.7 Å². The van der Waals surface area contributed by atoms with E-state index in [0.29, 0.717) is 0 Å². The zero-order valence-electron chi connectivity index (χ0n) is 9.59. The van der Waals surface area contributed by atoms with Crippen molar-refractivity contribution in [1.29, 1.82) is 0 Å². The van der Waals surface area contributed by atoms with Crippen LogP contribution in [0.4, 0.5) is 5.69 Å². The topological polar surface area (TPSA) is 64.1 Å². The Kier molecular flexibility index (Phi) is 2.83. The lowest BCUT2D eigenvalue weighted by Crippen LogP contribution is -2.16. The second-order valence-electron chi connectivity index (χ2n) is 4.30. The van der Waals surface area contributed by atoms with E-state index in [9.17, 15) is 0 Å². The first-order chi connectivity index (χ1) is 7.63. The third-order valence-corrected chi connectivity index (χ3v) is 3.15. The van der Waals surface area contributed by atoms with Crippen LogP contribution in [0.3, 0.4) is 0 Å². The van der Waals surface area contributed by atoms with Crippen molar-refractivity contribution in [3.63, 3.8) is 0 Å². The molecule has 0 aliphatic carbocycles. The number of nitrogens with zero attached hydrogens (tertiary/aromatic N) is 2. The van der Waals surface area contributed by atoms with Crippen LogP contribution in [0.15, 0.2) is 24.5 Å². The lowest BCUT2D eigenvalue weighted by atomic mass is 10.0. The van der Waals surface area contributed by atoms with Gasteiger partial charge in [-0.15, -0.1) is 0 Å². The smallest absolute Gasteiger partial charge is 0.0960 e. The number of aromatic nitrogens is 2. The van der Waals surface area contributed by atoms with Crippen molar-refractivity contribution in [3.05, 3.63) is 24.5 Å². The molecule has 2 unspecified atom stereocenters. The maximum atomic E-state index is 9.17. The molecule has 0 saturated heterocycles. The molecule has 0 radical (unpaired) electrons. The summed E-state index contributed by atoms with van der Waals surface area (Å²) in [5, 5.41) is 9.17. The Morgan fingerprint density at radius 1 is 1.44 bits per heavy atom. The molecule has 3 N–H and O–H groups in total. The molecule has 0 saturated carbocycles. The van der Waals surface area contributed by atoms with E-state index in [1.54, 1.807) is 6.33 Å². The number of aliphatic hydroxyl groups excluding tert-OH is 1. The number of hydrogen-bond acceptors (Lipinski definition) is 3. The summed E-state index contributed by atoms with van der Waals surface area (Å²) < 4.78 is 2.08. The minimum atomic E-state index is 0.176. The number of hydrogen-bond donors (Lipinski definition) is 2. The minimum absolute atomic E-state index is 0.176. The van der Waals surface area contributed by atoms with E-state index in [1.165, 1.54) is 0 Å². The summed E-state index contributed by atoms with van der Waals surface area (Å²) >= 11 is 0. The molecule has 0 bridgehead atoms. The Morgan fingerprint density at radius 3 is 2.88 bits per heavy atom. The highest BCUT2D eigenvalue weighted by molar-refractivity contribution is 5.79. The van der Waals surface area contributed by atoms with Gasteiger partial charge in [0.05, 0.1) is 17.4 Å². The average molecular weight is 219 g/mol. The summed E-state index contributed by atoms with van der Waals surface area (Å²) in [6.07, 6.45) is 1.81. The molecular weight excluding hydrogens is 202 g/mol. The summed E-state index contributed by atoms with van der Waals surface area (Å²) in [5.74, 6) is 0.204. The molecule has 4 nitrogen and oxygen atoms in total. The number of rotatable bonds is 3. The van der Waals surface area contributed by atoms with Crippen molar-refractivity contribution in [3.8, 4) is 0 Å². The Morgan fingerprint density at radius 2 is 2.19 bits per heavy atom. The predicted octanol–water partition coefficient (Wildman–Crippen LogP) is 1.81. The average Bonchev–Trinajstić information content (AvgIpc) is 2.69.